The molecule has 0 radical (unpaired) electrons. The Labute approximate surface area is 231 Å². The first-order valence-electron chi connectivity index (χ1n) is 12.9. The number of sulfonamides is 1. The molecule has 3 N–H and O–H groups in total. The summed E-state index contributed by atoms with van der Waals surface area (Å²) in [6, 6.07) is 12.0. The number of hydrogen-bond donors (Lipinski definition) is 3. The molecular formula is C28H31N3O8S. The second kappa shape index (κ2) is 12.0. The Hall–Kier alpha value is -4.03. The van der Waals surface area contributed by atoms with E-state index in [0.29, 0.717) is 12.0 Å². The summed E-state index contributed by atoms with van der Waals surface area (Å²) in [7, 11) is -4.28. The van der Waals surface area contributed by atoms with E-state index in [-0.39, 0.29) is 36.6 Å². The largest absolute Gasteiger partial charge is 0.478 e. The molecule has 1 aliphatic rings. The van der Waals surface area contributed by atoms with Crippen molar-refractivity contribution in [3.63, 3.8) is 0 Å². The summed E-state index contributed by atoms with van der Waals surface area (Å²) in [4.78, 5) is 50.5. The minimum absolute atomic E-state index is 0.0212. The molecule has 1 unspecified atom stereocenters. The Morgan fingerprint density at radius 1 is 1.10 bits per heavy atom. The van der Waals surface area contributed by atoms with E-state index in [9.17, 15) is 32.7 Å². The lowest BCUT2D eigenvalue weighted by Gasteiger charge is -2.23. The fourth-order valence-corrected chi connectivity index (χ4v) is 6.29. The Balaban J connectivity index is 1.46. The molecule has 0 aliphatic carbocycles. The highest BCUT2D eigenvalue weighted by Gasteiger charge is 2.36. The number of nitrogens with one attached hydrogen (secondary N) is 2. The number of carboxylic acid groups (broad SMARTS) is 1. The molecular weight excluding hydrogens is 538 g/mol. The van der Waals surface area contributed by atoms with Gasteiger partial charge in [-0.15, -0.1) is 0 Å². The van der Waals surface area contributed by atoms with Crippen LogP contribution >= 0.6 is 0 Å². The van der Waals surface area contributed by atoms with E-state index in [1.54, 1.807) is 24.3 Å². The number of aromatic carboxylic acids is 1. The quantitative estimate of drug-likeness (QED) is 0.354. The zero-order valence-corrected chi connectivity index (χ0v) is 22.9. The second-order valence-electron chi connectivity index (χ2n) is 10.1. The van der Waals surface area contributed by atoms with Crippen LogP contribution < -0.4 is 10.6 Å². The maximum absolute atomic E-state index is 13.3. The number of furan rings is 1. The lowest BCUT2D eigenvalue weighted by molar-refractivity contribution is -0.129. The molecule has 40 heavy (non-hydrogen) atoms. The van der Waals surface area contributed by atoms with Gasteiger partial charge in [0.1, 0.15) is 11.6 Å². The minimum atomic E-state index is -4.28. The molecule has 2 atom stereocenters. The van der Waals surface area contributed by atoms with E-state index in [0.717, 1.165) is 9.69 Å². The summed E-state index contributed by atoms with van der Waals surface area (Å²) in [6.07, 6.45) is 0.736. The van der Waals surface area contributed by atoms with E-state index in [1.165, 1.54) is 24.3 Å². The number of carboxylic acids is 1. The van der Waals surface area contributed by atoms with Crippen molar-refractivity contribution < 1.29 is 37.1 Å². The molecule has 4 rings (SSSR count). The van der Waals surface area contributed by atoms with Gasteiger partial charge in [-0.05, 0) is 49.4 Å². The fraction of sp³-hybridized carbons (Fsp3) is 0.357. The summed E-state index contributed by atoms with van der Waals surface area (Å²) in [6.45, 7) is 3.23. The van der Waals surface area contributed by atoms with Gasteiger partial charge in [0.2, 0.25) is 15.9 Å². The Morgan fingerprint density at radius 3 is 2.50 bits per heavy atom. The predicted octanol–water partition coefficient (Wildman–Crippen LogP) is 2.81. The van der Waals surface area contributed by atoms with Crippen molar-refractivity contribution in [2.75, 3.05) is 13.1 Å². The van der Waals surface area contributed by atoms with Crippen LogP contribution in [0.15, 0.2) is 63.9 Å². The summed E-state index contributed by atoms with van der Waals surface area (Å²) in [5, 5.41) is 15.6. The first-order chi connectivity index (χ1) is 19.0. The monoisotopic (exact) mass is 569 g/mol. The number of carbonyl (C=O) groups excluding carboxylic acids is 3. The molecule has 12 heteroatoms. The third-order valence-corrected chi connectivity index (χ3v) is 8.55. The highest BCUT2D eigenvalue weighted by Crippen LogP contribution is 2.23. The highest BCUT2D eigenvalue weighted by molar-refractivity contribution is 7.89. The molecule has 3 aromatic rings. The van der Waals surface area contributed by atoms with Gasteiger partial charge in [-0.2, -0.15) is 4.31 Å². The van der Waals surface area contributed by atoms with Crippen LogP contribution in [0.5, 0.6) is 0 Å². The highest BCUT2D eigenvalue weighted by atomic mass is 32.2. The first-order valence-corrected chi connectivity index (χ1v) is 14.4. The molecule has 1 saturated heterocycles. The number of benzene rings is 2. The Bertz CT molecular complexity index is 1510. The Kier molecular flexibility index (Phi) is 8.70. The summed E-state index contributed by atoms with van der Waals surface area (Å²) < 4.78 is 33.1. The van der Waals surface area contributed by atoms with Gasteiger partial charge in [0.05, 0.1) is 23.0 Å². The van der Waals surface area contributed by atoms with Gasteiger partial charge >= 0.3 is 5.97 Å². The molecule has 0 spiro atoms. The lowest BCUT2D eigenvalue weighted by Crippen LogP contribution is -2.52. The van der Waals surface area contributed by atoms with Crippen molar-refractivity contribution in [3.8, 4) is 0 Å². The third-order valence-electron chi connectivity index (χ3n) is 6.65. The standard InChI is InChI=1S/C28H31N3O8S/c1-17(2)14-21(30-27(34)24-15-18-8-3-5-11-23(18)39-24)26(33)29-20-10-7-13-31(16-22(20)32)40(37,38)25-12-6-4-9-19(25)28(35)36/h3-6,8-9,11-12,15,17,20-21H,7,10,13-14,16H2,1-2H3,(H,29,33)(H,30,34)(H,35,36)/t20?,21-/m0/s1. The molecule has 1 aliphatic heterocycles. The SMILES string of the molecule is CC(C)C[C@H](NC(=O)c1cc2ccccc2o1)C(=O)NC1CCCN(S(=O)(=O)c2ccccc2C(=O)O)CC1=O. The second-order valence-corrected chi connectivity index (χ2v) is 12.0. The zero-order valence-electron chi connectivity index (χ0n) is 22.1. The number of Topliss-reactive ketones (excluding diaryl/α,β-unsaturated/α-hetero) is 1. The third kappa shape index (κ3) is 6.40. The van der Waals surface area contributed by atoms with Crippen LogP contribution in [0, 0.1) is 5.92 Å². The molecule has 2 aromatic carbocycles. The minimum Gasteiger partial charge on any atom is -0.478 e. The molecule has 1 fully saturated rings. The summed E-state index contributed by atoms with van der Waals surface area (Å²) >= 11 is 0. The Morgan fingerprint density at radius 2 is 1.80 bits per heavy atom. The number of ketones is 1. The van der Waals surface area contributed by atoms with Crippen molar-refractivity contribution in [3.05, 3.63) is 65.9 Å². The predicted molar refractivity (Wildman–Crippen MR) is 145 cm³/mol. The average molecular weight is 570 g/mol. The molecule has 2 heterocycles. The van der Waals surface area contributed by atoms with Crippen molar-refractivity contribution >= 4 is 44.6 Å². The van der Waals surface area contributed by atoms with Crippen LogP contribution in [-0.4, -0.2) is 66.6 Å². The van der Waals surface area contributed by atoms with Crippen molar-refractivity contribution in [2.45, 2.75) is 50.1 Å². The lowest BCUT2D eigenvalue weighted by atomic mass is 10.0. The van der Waals surface area contributed by atoms with E-state index in [4.69, 9.17) is 4.42 Å². The first kappa shape index (κ1) is 29.0. The molecule has 0 bridgehead atoms. The maximum atomic E-state index is 13.3. The van der Waals surface area contributed by atoms with Gasteiger partial charge in [0.25, 0.3) is 5.91 Å². The van der Waals surface area contributed by atoms with Crippen molar-refractivity contribution in [1.82, 2.24) is 14.9 Å². The van der Waals surface area contributed by atoms with Gasteiger partial charge in [-0.3, -0.25) is 14.4 Å². The number of nitrogens with zero attached hydrogens (tertiary/aromatic N) is 1. The van der Waals surface area contributed by atoms with Crippen LogP contribution in [0.4, 0.5) is 0 Å². The fourth-order valence-electron chi connectivity index (χ4n) is 4.66. The molecule has 212 valence electrons. The zero-order chi connectivity index (χ0) is 29.0. The van der Waals surface area contributed by atoms with Crippen LogP contribution in [0.3, 0.4) is 0 Å². The maximum Gasteiger partial charge on any atom is 0.337 e. The topological polar surface area (TPSA) is 163 Å². The number of hydrogen-bond acceptors (Lipinski definition) is 7. The molecule has 2 amide bonds. The van der Waals surface area contributed by atoms with Crippen LogP contribution in [-0.2, 0) is 19.6 Å². The van der Waals surface area contributed by atoms with Crippen molar-refractivity contribution in [1.29, 1.82) is 0 Å². The van der Waals surface area contributed by atoms with Gasteiger partial charge in [-0.25, -0.2) is 13.2 Å². The van der Waals surface area contributed by atoms with E-state index in [2.05, 4.69) is 10.6 Å². The van der Waals surface area contributed by atoms with E-state index in [1.807, 2.05) is 19.9 Å². The van der Waals surface area contributed by atoms with Gasteiger partial charge in [-0.1, -0.05) is 44.2 Å². The number of fused-ring (bicyclic) bond motifs is 1. The average Bonchev–Trinajstić information content (AvgIpc) is 3.26. The summed E-state index contributed by atoms with van der Waals surface area (Å²) in [5.74, 6) is -2.98. The molecule has 11 nitrogen and oxygen atoms in total. The van der Waals surface area contributed by atoms with Gasteiger partial charge < -0.3 is 20.2 Å². The van der Waals surface area contributed by atoms with E-state index < -0.39 is 57.1 Å². The number of amides is 2. The molecule has 1 aromatic heterocycles. The normalized spacial score (nSPS) is 17.4. The number of carbonyl (C=O) groups is 4. The summed E-state index contributed by atoms with van der Waals surface area (Å²) in [5.41, 5.74) is 0.146. The van der Waals surface area contributed by atoms with Crippen molar-refractivity contribution in [2.24, 2.45) is 5.92 Å². The molecule has 0 saturated carbocycles. The van der Waals surface area contributed by atoms with E-state index >= 15 is 0 Å². The van der Waals surface area contributed by atoms with Crippen LogP contribution in [0.2, 0.25) is 0 Å². The van der Waals surface area contributed by atoms with Crippen LogP contribution in [0.25, 0.3) is 11.0 Å². The van der Waals surface area contributed by atoms with Gasteiger partial charge in [0.15, 0.2) is 11.5 Å². The van der Waals surface area contributed by atoms with Crippen LogP contribution in [0.1, 0.15) is 54.0 Å². The number of rotatable bonds is 9. The van der Waals surface area contributed by atoms with Gasteiger partial charge in [0, 0.05) is 11.9 Å². The number of para-hydroxylation sites is 1. The smallest absolute Gasteiger partial charge is 0.337 e.